The van der Waals surface area contributed by atoms with Crippen molar-refractivity contribution in [2.45, 2.75) is 134 Å². The van der Waals surface area contributed by atoms with Crippen molar-refractivity contribution in [3.05, 3.63) is 89.7 Å². The molecule has 17 nitrogen and oxygen atoms in total. The number of thiazole rings is 1. The molecule has 1 saturated carbocycles. The van der Waals surface area contributed by atoms with E-state index in [4.69, 9.17) is 15.5 Å². The van der Waals surface area contributed by atoms with E-state index in [1.54, 1.807) is 23.5 Å². The van der Waals surface area contributed by atoms with Crippen LogP contribution < -0.4 is 30.9 Å². The Hall–Kier alpha value is -6.37. The average molecular weight is 1010 g/mol. The van der Waals surface area contributed by atoms with Crippen molar-refractivity contribution >= 4 is 46.3 Å². The van der Waals surface area contributed by atoms with Gasteiger partial charge in [0.15, 0.2) is 5.82 Å². The molecule has 10 rings (SSSR count). The molecular formula is C55H69N11O6S. The standard InChI is InChI=1S/C55H69N11O6S/c1-33-49(73-32-59-33)35-11-9-34(10-12-35)27-58-53(70)46-25-41(67)31-65(46)54(71)50(55(2,3)4)60-52(69)36-13-15-37(16-14-36)63-23-21-42(22-24-63)72-48-20-19-38(28-57-48)66-39-17-18-40(66)30-64(29-39)45-26-44(61-62-51(45)56)43-7-5-6-8-47(43)68/h5-12,19-20,26,28,32,36-37,39-42,46,50,67-68H,13-18,21-25,27,29-31H2,1-4H3,(H2,56,62)(H,58,70)(H,60,69)/t36-,37+,39?,40?,41-,46+,50-/m1/s1. The average Bonchev–Trinajstić information content (AvgIpc) is 4.08. The minimum Gasteiger partial charge on any atom is -0.507 e. The van der Waals surface area contributed by atoms with Crippen LogP contribution in [0.1, 0.15) is 89.8 Å². The van der Waals surface area contributed by atoms with Crippen molar-refractivity contribution in [1.29, 1.82) is 0 Å². The molecule has 3 amide bonds. The van der Waals surface area contributed by atoms with Gasteiger partial charge in [-0.15, -0.1) is 21.5 Å². The lowest BCUT2D eigenvalue weighted by Crippen LogP contribution is -2.58. The lowest BCUT2D eigenvalue weighted by Gasteiger charge is -2.43. The number of fused-ring (bicyclic) bond motifs is 2. The van der Waals surface area contributed by atoms with E-state index in [1.807, 2.05) is 87.9 Å². The molecule has 4 aliphatic heterocycles. The number of hydrogen-bond donors (Lipinski definition) is 5. The normalized spacial score (nSPS) is 24.1. The summed E-state index contributed by atoms with van der Waals surface area (Å²) in [6.07, 6.45) is 8.52. The van der Waals surface area contributed by atoms with Crippen LogP contribution in [0.25, 0.3) is 21.7 Å². The van der Waals surface area contributed by atoms with Crippen molar-refractivity contribution in [3.8, 4) is 33.3 Å². The van der Waals surface area contributed by atoms with Crippen LogP contribution in [0.4, 0.5) is 17.2 Å². The van der Waals surface area contributed by atoms with E-state index in [9.17, 15) is 24.6 Å². The number of piperazine rings is 1. The van der Waals surface area contributed by atoms with Gasteiger partial charge in [0.25, 0.3) is 0 Å². The maximum absolute atomic E-state index is 14.3. The highest BCUT2D eigenvalue weighted by Gasteiger charge is 2.46. The van der Waals surface area contributed by atoms with Crippen LogP contribution in [0.3, 0.4) is 0 Å². The van der Waals surface area contributed by atoms with E-state index in [-0.39, 0.29) is 67.1 Å². The molecule has 2 unspecified atom stereocenters. The molecular weight excluding hydrogens is 943 g/mol. The van der Waals surface area contributed by atoms with Gasteiger partial charge >= 0.3 is 0 Å². The number of ether oxygens (including phenoxy) is 1. The van der Waals surface area contributed by atoms with Gasteiger partial charge in [0.1, 0.15) is 23.9 Å². The Kier molecular flexibility index (Phi) is 14.6. The predicted octanol–water partition coefficient (Wildman–Crippen LogP) is 6.33. The summed E-state index contributed by atoms with van der Waals surface area (Å²) < 4.78 is 6.46. The summed E-state index contributed by atoms with van der Waals surface area (Å²) in [6.45, 7) is 11.5. The maximum Gasteiger partial charge on any atom is 0.246 e. The maximum atomic E-state index is 14.3. The number of para-hydroxylation sites is 1. The minimum atomic E-state index is -0.860. The second kappa shape index (κ2) is 21.2. The van der Waals surface area contributed by atoms with Gasteiger partial charge in [0.05, 0.1) is 45.5 Å². The molecule has 1 aliphatic carbocycles. The van der Waals surface area contributed by atoms with Crippen molar-refractivity contribution in [1.82, 2.24) is 40.6 Å². The van der Waals surface area contributed by atoms with Crippen molar-refractivity contribution < 1.29 is 29.3 Å². The third-order valence-electron chi connectivity index (χ3n) is 15.9. The van der Waals surface area contributed by atoms with E-state index in [1.165, 1.54) is 4.90 Å². The first-order chi connectivity index (χ1) is 35.2. The number of amides is 3. The third-order valence-corrected chi connectivity index (χ3v) is 16.8. The number of phenols is 1. The summed E-state index contributed by atoms with van der Waals surface area (Å²) in [5.41, 5.74) is 13.7. The first-order valence-corrected chi connectivity index (χ1v) is 26.9. The quantitative estimate of drug-likeness (QED) is 0.0873. The topological polar surface area (TPSA) is 216 Å². The zero-order valence-corrected chi connectivity index (χ0v) is 43.1. The van der Waals surface area contributed by atoms with E-state index in [2.05, 4.69) is 46.6 Å². The number of piperidine rings is 1. The van der Waals surface area contributed by atoms with E-state index in [0.717, 1.165) is 111 Å². The summed E-state index contributed by atoms with van der Waals surface area (Å²) in [5, 5.41) is 35.8. The molecule has 73 heavy (non-hydrogen) atoms. The van der Waals surface area contributed by atoms with Crippen LogP contribution in [0, 0.1) is 18.3 Å². The minimum absolute atomic E-state index is 0.0343. The molecule has 5 atom stereocenters. The Bertz CT molecular complexity index is 2740. The van der Waals surface area contributed by atoms with Gasteiger partial charge in [-0.1, -0.05) is 57.2 Å². The molecule has 386 valence electrons. The molecule has 3 aromatic heterocycles. The molecule has 5 fully saturated rings. The number of phenolic OH excluding ortho intramolecular Hbond substituents is 1. The Morgan fingerprint density at radius 2 is 1.58 bits per heavy atom. The Morgan fingerprint density at radius 1 is 0.863 bits per heavy atom. The molecule has 5 aromatic rings. The largest absolute Gasteiger partial charge is 0.507 e. The fourth-order valence-corrected chi connectivity index (χ4v) is 12.7. The van der Waals surface area contributed by atoms with E-state index >= 15 is 0 Å². The second-order valence-electron chi connectivity index (χ2n) is 21.8. The fraction of sp³-hybridized carbons (Fsp3) is 0.509. The number of aliphatic hydroxyl groups is 1. The second-order valence-corrected chi connectivity index (χ2v) is 22.7. The molecule has 18 heteroatoms. The molecule has 7 heterocycles. The number of aromatic hydroxyl groups is 1. The number of aliphatic hydroxyl groups excluding tert-OH is 1. The zero-order valence-electron chi connectivity index (χ0n) is 42.3. The first kappa shape index (κ1) is 50.2. The SMILES string of the molecule is Cc1ncsc1-c1ccc(CNC(=O)[C@@H]2C[C@@H](O)CN2C(=O)[C@@H](NC(=O)[C@H]2CC[C@@H](N3CCC(Oc4ccc(N5C6CCC5CN(c5cc(-c7ccccc7O)nnc5N)C6)cn4)CC3)CC2)C(C)(C)C)cc1. The van der Waals surface area contributed by atoms with Crippen molar-refractivity contribution in [3.63, 3.8) is 0 Å². The molecule has 0 spiro atoms. The third kappa shape index (κ3) is 11.0. The van der Waals surface area contributed by atoms with Crippen LogP contribution >= 0.6 is 11.3 Å². The summed E-state index contributed by atoms with van der Waals surface area (Å²) in [5.74, 6) is 0.169. The number of aromatic nitrogens is 4. The van der Waals surface area contributed by atoms with Gasteiger partial charge < -0.3 is 50.9 Å². The molecule has 2 aromatic carbocycles. The summed E-state index contributed by atoms with van der Waals surface area (Å²) in [4.78, 5) is 60.9. The number of carbonyl (C=O) groups is 3. The number of anilines is 3. The Labute approximate surface area is 431 Å². The summed E-state index contributed by atoms with van der Waals surface area (Å²) in [6, 6.07) is 20.4. The van der Waals surface area contributed by atoms with Gasteiger partial charge in [0, 0.05) is 81.4 Å². The Morgan fingerprint density at radius 3 is 2.23 bits per heavy atom. The summed E-state index contributed by atoms with van der Waals surface area (Å²) >= 11 is 1.59. The van der Waals surface area contributed by atoms with Crippen LogP contribution in [0.15, 0.2) is 78.4 Å². The van der Waals surface area contributed by atoms with Crippen molar-refractivity contribution in [2.75, 3.05) is 48.3 Å². The number of aryl methyl sites for hydroxylation is 1. The monoisotopic (exact) mass is 1010 g/mol. The van der Waals surface area contributed by atoms with Crippen LogP contribution in [0.2, 0.25) is 0 Å². The van der Waals surface area contributed by atoms with Crippen LogP contribution in [-0.4, -0.2) is 133 Å². The van der Waals surface area contributed by atoms with Crippen LogP contribution in [-0.2, 0) is 20.9 Å². The van der Waals surface area contributed by atoms with Crippen molar-refractivity contribution in [2.24, 2.45) is 11.3 Å². The number of likely N-dealkylation sites (tertiary alicyclic amines) is 2. The molecule has 5 aliphatic rings. The number of benzene rings is 2. The van der Waals surface area contributed by atoms with Gasteiger partial charge in [-0.05, 0) is 99.1 Å². The van der Waals surface area contributed by atoms with E-state index < -0.39 is 23.6 Å². The number of rotatable bonds is 13. The number of pyridine rings is 1. The van der Waals surface area contributed by atoms with Gasteiger partial charge in [-0.2, -0.15) is 0 Å². The summed E-state index contributed by atoms with van der Waals surface area (Å²) in [7, 11) is 0. The number of nitrogens with one attached hydrogen (secondary N) is 2. The smallest absolute Gasteiger partial charge is 0.246 e. The zero-order chi connectivity index (χ0) is 51.0. The Balaban J connectivity index is 0.670. The number of carbonyl (C=O) groups excluding carboxylic acids is 3. The van der Waals surface area contributed by atoms with Gasteiger partial charge in [-0.3, -0.25) is 14.4 Å². The lowest BCUT2D eigenvalue weighted by molar-refractivity contribution is -0.144. The lowest BCUT2D eigenvalue weighted by atomic mass is 9.82. The van der Waals surface area contributed by atoms with Gasteiger partial charge in [0.2, 0.25) is 23.6 Å². The van der Waals surface area contributed by atoms with Gasteiger partial charge in [-0.25, -0.2) is 9.97 Å². The highest BCUT2D eigenvalue weighted by molar-refractivity contribution is 7.13. The number of β-amino-alcohol motifs (C(OH)–C–C–N with tert-alkyl or cyclic N) is 1. The number of nitrogen functional groups attached to an aromatic ring is 1. The first-order valence-electron chi connectivity index (χ1n) is 26.0. The number of nitrogens with zero attached hydrogens (tertiary/aromatic N) is 8. The molecule has 2 bridgehead atoms. The molecule has 0 radical (unpaired) electrons. The predicted molar refractivity (Wildman–Crippen MR) is 282 cm³/mol. The molecule has 6 N–H and O–H groups in total. The number of hydrogen-bond acceptors (Lipinski definition) is 15. The highest BCUT2D eigenvalue weighted by Crippen LogP contribution is 2.40. The molecule has 4 saturated heterocycles. The fourth-order valence-electron chi connectivity index (χ4n) is 11.9. The van der Waals surface area contributed by atoms with Crippen LogP contribution in [0.5, 0.6) is 11.6 Å². The highest BCUT2D eigenvalue weighted by atomic mass is 32.1. The van der Waals surface area contributed by atoms with E-state index in [0.29, 0.717) is 29.0 Å². The number of nitrogens with two attached hydrogens (primary N) is 1.